The van der Waals surface area contributed by atoms with Crippen LogP contribution in [0.15, 0.2) is 24.3 Å². The molecule has 0 spiro atoms. The summed E-state index contributed by atoms with van der Waals surface area (Å²) in [6.45, 7) is 0. The zero-order valence-corrected chi connectivity index (χ0v) is 10.6. The maximum atomic E-state index is 12.1. The van der Waals surface area contributed by atoms with Crippen LogP contribution in [0.2, 0.25) is 0 Å². The molecule has 0 radical (unpaired) electrons. The lowest BCUT2D eigenvalue weighted by molar-refractivity contribution is 0.0978. The fraction of sp³-hybridized carbons (Fsp3) is 0.562. The van der Waals surface area contributed by atoms with Gasteiger partial charge in [0, 0.05) is 12.0 Å². The maximum absolute atomic E-state index is 12.1. The largest absolute Gasteiger partial charge is 0.294 e. The average Bonchev–Trinajstić information content (AvgIpc) is 2.35. The first kappa shape index (κ1) is 12.3. The third-order valence-electron chi connectivity index (χ3n) is 3.67. The summed E-state index contributed by atoms with van der Waals surface area (Å²) < 4.78 is 0. The van der Waals surface area contributed by atoms with Crippen LogP contribution in [0.5, 0.6) is 0 Å². The average molecular weight is 230 g/mol. The van der Waals surface area contributed by atoms with E-state index in [9.17, 15) is 4.79 Å². The van der Waals surface area contributed by atoms with Gasteiger partial charge in [0.2, 0.25) is 0 Å². The highest BCUT2D eigenvalue weighted by atomic mass is 16.1. The van der Waals surface area contributed by atoms with Gasteiger partial charge in [-0.1, -0.05) is 56.4 Å². The van der Waals surface area contributed by atoms with Crippen molar-refractivity contribution in [2.75, 3.05) is 0 Å². The van der Waals surface area contributed by atoms with E-state index in [0.29, 0.717) is 5.78 Å². The summed E-state index contributed by atoms with van der Waals surface area (Å²) in [7, 11) is 0. The third kappa shape index (κ3) is 3.69. The van der Waals surface area contributed by atoms with Crippen molar-refractivity contribution in [1.82, 2.24) is 0 Å². The van der Waals surface area contributed by atoms with E-state index in [0.717, 1.165) is 24.8 Å². The number of rotatable bonds is 0. The molecule has 1 aromatic rings. The Morgan fingerprint density at radius 1 is 0.706 bits per heavy atom. The number of hydrogen-bond donors (Lipinski definition) is 0. The minimum atomic E-state index is 0.348. The monoisotopic (exact) mass is 230 g/mol. The number of aryl methyl sites for hydroxylation is 1. The molecule has 0 aromatic heterocycles. The van der Waals surface area contributed by atoms with E-state index < -0.39 is 0 Å². The number of hydrogen-bond acceptors (Lipinski definition) is 1. The highest BCUT2D eigenvalue weighted by Crippen LogP contribution is 2.19. The number of ketones is 1. The van der Waals surface area contributed by atoms with Crippen molar-refractivity contribution >= 4 is 5.78 Å². The van der Waals surface area contributed by atoms with Crippen LogP contribution in [0, 0.1) is 0 Å². The molecule has 0 unspecified atom stereocenters. The molecule has 1 aliphatic carbocycles. The van der Waals surface area contributed by atoms with Gasteiger partial charge in [0.25, 0.3) is 0 Å². The molecule has 1 heteroatoms. The molecule has 0 heterocycles. The van der Waals surface area contributed by atoms with Crippen LogP contribution in [0.1, 0.15) is 67.3 Å². The molecule has 0 aliphatic heterocycles. The van der Waals surface area contributed by atoms with Crippen LogP contribution < -0.4 is 0 Å². The second-order valence-corrected chi connectivity index (χ2v) is 5.06. The van der Waals surface area contributed by atoms with Gasteiger partial charge < -0.3 is 0 Å². The van der Waals surface area contributed by atoms with E-state index in [2.05, 4.69) is 12.1 Å². The van der Waals surface area contributed by atoms with E-state index in [-0.39, 0.29) is 0 Å². The first-order chi connectivity index (χ1) is 8.38. The molecule has 0 saturated heterocycles. The number of Topliss-reactive ketones (excluding diaryl/α,β-unsaturated/α-hetero) is 1. The van der Waals surface area contributed by atoms with Crippen molar-refractivity contribution in [3.63, 3.8) is 0 Å². The van der Waals surface area contributed by atoms with Gasteiger partial charge in [-0.05, 0) is 24.8 Å². The molecule has 0 N–H and O–H groups in total. The molecule has 1 aromatic carbocycles. The summed E-state index contributed by atoms with van der Waals surface area (Å²) >= 11 is 0. The van der Waals surface area contributed by atoms with Crippen molar-refractivity contribution in [3.05, 3.63) is 35.4 Å². The van der Waals surface area contributed by atoms with E-state index in [1.807, 2.05) is 12.1 Å². The molecule has 1 aliphatic rings. The molecule has 0 saturated carbocycles. The molecular formula is C16H22O. The first-order valence-corrected chi connectivity index (χ1v) is 6.99. The Morgan fingerprint density at radius 2 is 1.29 bits per heavy atom. The zero-order valence-electron chi connectivity index (χ0n) is 10.6. The van der Waals surface area contributed by atoms with Crippen molar-refractivity contribution in [2.24, 2.45) is 0 Å². The van der Waals surface area contributed by atoms with Crippen LogP contribution in [0.4, 0.5) is 0 Å². The molecular weight excluding hydrogens is 208 g/mol. The van der Waals surface area contributed by atoms with Gasteiger partial charge in [0.05, 0.1) is 0 Å². The highest BCUT2D eigenvalue weighted by molar-refractivity contribution is 5.97. The molecule has 92 valence electrons. The lowest BCUT2D eigenvalue weighted by atomic mass is 9.94. The summed E-state index contributed by atoms with van der Waals surface area (Å²) in [4.78, 5) is 12.1. The Balaban J connectivity index is 2.11. The molecule has 17 heavy (non-hydrogen) atoms. The molecule has 0 fully saturated rings. The Kier molecular flexibility index (Phi) is 4.78. The predicted octanol–water partition coefficient (Wildman–Crippen LogP) is 4.55. The zero-order chi connectivity index (χ0) is 11.9. The Hall–Kier alpha value is -1.11. The Morgan fingerprint density at radius 3 is 2.06 bits per heavy atom. The predicted molar refractivity (Wildman–Crippen MR) is 71.4 cm³/mol. The minimum Gasteiger partial charge on any atom is -0.294 e. The second kappa shape index (κ2) is 6.58. The molecule has 2 rings (SSSR count). The summed E-state index contributed by atoms with van der Waals surface area (Å²) in [5.74, 6) is 0.348. The van der Waals surface area contributed by atoms with Gasteiger partial charge in [0.1, 0.15) is 0 Å². The molecule has 0 atom stereocenters. The van der Waals surface area contributed by atoms with Gasteiger partial charge in [0.15, 0.2) is 5.78 Å². The van der Waals surface area contributed by atoms with Gasteiger partial charge in [-0.25, -0.2) is 0 Å². The topological polar surface area (TPSA) is 17.1 Å². The standard InChI is InChI=1S/C16H22O/c17-16-13-7-5-3-1-2-4-6-10-14-11-8-9-12-15(14)16/h8-9,11-12H,1-7,10,13H2. The number of carbonyl (C=O) groups excluding carboxylic acids is 1. The summed E-state index contributed by atoms with van der Waals surface area (Å²) in [5.41, 5.74) is 2.24. The van der Waals surface area contributed by atoms with Crippen molar-refractivity contribution < 1.29 is 4.79 Å². The fourth-order valence-corrected chi connectivity index (χ4v) is 2.63. The number of fused-ring (bicyclic) bond motifs is 1. The van der Waals surface area contributed by atoms with Gasteiger partial charge in [-0.15, -0.1) is 0 Å². The summed E-state index contributed by atoms with van der Waals surface area (Å²) in [6.07, 6.45) is 10.6. The van der Waals surface area contributed by atoms with Crippen molar-refractivity contribution in [2.45, 2.75) is 57.8 Å². The van der Waals surface area contributed by atoms with Crippen LogP contribution in [-0.4, -0.2) is 5.78 Å². The number of carbonyl (C=O) groups is 1. The highest BCUT2D eigenvalue weighted by Gasteiger charge is 2.10. The Bertz CT molecular complexity index is 368. The van der Waals surface area contributed by atoms with Crippen LogP contribution >= 0.6 is 0 Å². The maximum Gasteiger partial charge on any atom is 0.163 e. The smallest absolute Gasteiger partial charge is 0.163 e. The minimum absolute atomic E-state index is 0.348. The third-order valence-corrected chi connectivity index (χ3v) is 3.67. The normalized spacial score (nSPS) is 18.9. The van der Waals surface area contributed by atoms with Crippen LogP contribution in [0.25, 0.3) is 0 Å². The summed E-state index contributed by atoms with van der Waals surface area (Å²) in [6, 6.07) is 8.17. The quantitative estimate of drug-likeness (QED) is 0.639. The lowest BCUT2D eigenvalue weighted by Crippen LogP contribution is -2.04. The lowest BCUT2D eigenvalue weighted by Gasteiger charge is -2.10. The van der Waals surface area contributed by atoms with Gasteiger partial charge >= 0.3 is 0 Å². The van der Waals surface area contributed by atoms with Crippen molar-refractivity contribution in [3.8, 4) is 0 Å². The van der Waals surface area contributed by atoms with Crippen LogP contribution in [-0.2, 0) is 6.42 Å². The van der Waals surface area contributed by atoms with Crippen LogP contribution in [0.3, 0.4) is 0 Å². The summed E-state index contributed by atoms with van der Waals surface area (Å²) in [5, 5.41) is 0. The fourth-order valence-electron chi connectivity index (χ4n) is 2.63. The molecule has 0 bridgehead atoms. The molecule has 0 amide bonds. The second-order valence-electron chi connectivity index (χ2n) is 5.06. The first-order valence-electron chi connectivity index (χ1n) is 6.99. The molecule has 1 nitrogen and oxygen atoms in total. The van der Waals surface area contributed by atoms with E-state index in [4.69, 9.17) is 0 Å². The van der Waals surface area contributed by atoms with E-state index in [1.54, 1.807) is 0 Å². The SMILES string of the molecule is O=C1CCCCCCCCCc2ccccc21. The number of benzene rings is 1. The Labute approximate surface area is 104 Å². The van der Waals surface area contributed by atoms with E-state index >= 15 is 0 Å². The van der Waals surface area contributed by atoms with Gasteiger partial charge in [-0.2, -0.15) is 0 Å². The van der Waals surface area contributed by atoms with Gasteiger partial charge in [-0.3, -0.25) is 4.79 Å². The van der Waals surface area contributed by atoms with E-state index in [1.165, 1.54) is 44.1 Å². The van der Waals surface area contributed by atoms with Crippen molar-refractivity contribution in [1.29, 1.82) is 0 Å².